The van der Waals surface area contributed by atoms with Gasteiger partial charge in [0.1, 0.15) is 0 Å². The summed E-state index contributed by atoms with van der Waals surface area (Å²) >= 11 is 0. The number of hydrogen-bond acceptors (Lipinski definition) is 4. The number of carbonyl (C=O) groups excluding carboxylic acids is 1. The Bertz CT molecular complexity index is 369. The Morgan fingerprint density at radius 2 is 2.17 bits per heavy atom. The molecule has 0 aliphatic heterocycles. The SMILES string of the molecule is COCCNCC(=O)NCc1cccc(CO)c1. The summed E-state index contributed by atoms with van der Waals surface area (Å²) < 4.78 is 4.86. The summed E-state index contributed by atoms with van der Waals surface area (Å²) in [5.74, 6) is -0.0551. The minimum Gasteiger partial charge on any atom is -0.392 e. The van der Waals surface area contributed by atoms with Crippen LogP contribution in [0, 0.1) is 0 Å². The molecule has 100 valence electrons. The van der Waals surface area contributed by atoms with E-state index in [9.17, 15) is 4.79 Å². The minimum atomic E-state index is -0.0551. The van der Waals surface area contributed by atoms with Crippen molar-refractivity contribution >= 4 is 5.91 Å². The van der Waals surface area contributed by atoms with Gasteiger partial charge in [-0.2, -0.15) is 0 Å². The smallest absolute Gasteiger partial charge is 0.234 e. The molecular weight excluding hydrogens is 232 g/mol. The summed E-state index contributed by atoms with van der Waals surface area (Å²) in [5.41, 5.74) is 1.83. The number of amides is 1. The molecule has 5 heteroatoms. The number of ether oxygens (including phenoxy) is 1. The first kappa shape index (κ1) is 14.6. The Morgan fingerprint density at radius 1 is 1.39 bits per heavy atom. The average Bonchev–Trinajstić information content (AvgIpc) is 2.41. The monoisotopic (exact) mass is 252 g/mol. The van der Waals surface area contributed by atoms with Crippen LogP contribution < -0.4 is 10.6 Å². The predicted molar refractivity (Wildman–Crippen MR) is 69.0 cm³/mol. The van der Waals surface area contributed by atoms with Crippen molar-refractivity contribution in [2.24, 2.45) is 0 Å². The molecule has 0 heterocycles. The summed E-state index contributed by atoms with van der Waals surface area (Å²) in [6, 6.07) is 7.50. The van der Waals surface area contributed by atoms with Gasteiger partial charge in [0.15, 0.2) is 0 Å². The third kappa shape index (κ3) is 5.77. The lowest BCUT2D eigenvalue weighted by Crippen LogP contribution is -2.34. The fraction of sp³-hybridized carbons (Fsp3) is 0.462. The molecule has 5 nitrogen and oxygen atoms in total. The maximum absolute atomic E-state index is 11.5. The predicted octanol–water partition coefficient (Wildman–Crippen LogP) is 0.0311. The van der Waals surface area contributed by atoms with E-state index in [0.29, 0.717) is 19.7 Å². The number of benzene rings is 1. The molecule has 0 radical (unpaired) electrons. The highest BCUT2D eigenvalue weighted by molar-refractivity contribution is 5.77. The Labute approximate surface area is 107 Å². The highest BCUT2D eigenvalue weighted by atomic mass is 16.5. The molecule has 0 bridgehead atoms. The molecule has 0 spiro atoms. The normalized spacial score (nSPS) is 10.3. The Morgan fingerprint density at radius 3 is 2.89 bits per heavy atom. The van der Waals surface area contributed by atoms with Gasteiger partial charge >= 0.3 is 0 Å². The Kier molecular flexibility index (Phi) is 7.01. The van der Waals surface area contributed by atoms with Crippen LogP contribution in [0.25, 0.3) is 0 Å². The van der Waals surface area contributed by atoms with E-state index in [1.165, 1.54) is 0 Å². The number of methoxy groups -OCH3 is 1. The Hall–Kier alpha value is -1.43. The van der Waals surface area contributed by atoms with Gasteiger partial charge in [0.2, 0.25) is 5.91 Å². The van der Waals surface area contributed by atoms with Crippen LogP contribution in [0.2, 0.25) is 0 Å². The maximum Gasteiger partial charge on any atom is 0.234 e. The number of carbonyl (C=O) groups is 1. The van der Waals surface area contributed by atoms with Gasteiger partial charge in [0, 0.05) is 20.2 Å². The lowest BCUT2D eigenvalue weighted by atomic mass is 10.1. The molecule has 1 aromatic rings. The lowest BCUT2D eigenvalue weighted by molar-refractivity contribution is -0.120. The minimum absolute atomic E-state index is 0.0142. The van der Waals surface area contributed by atoms with Crippen LogP contribution >= 0.6 is 0 Å². The summed E-state index contributed by atoms with van der Waals surface area (Å²) in [4.78, 5) is 11.5. The van der Waals surface area contributed by atoms with E-state index in [0.717, 1.165) is 11.1 Å². The summed E-state index contributed by atoms with van der Waals surface area (Å²) in [7, 11) is 1.62. The van der Waals surface area contributed by atoms with E-state index in [1.807, 2.05) is 24.3 Å². The van der Waals surface area contributed by atoms with Crippen molar-refractivity contribution in [3.8, 4) is 0 Å². The molecule has 1 amide bonds. The summed E-state index contributed by atoms with van der Waals surface area (Å²) in [6.45, 7) is 2.01. The molecule has 0 atom stereocenters. The highest BCUT2D eigenvalue weighted by Gasteiger charge is 2.01. The van der Waals surface area contributed by atoms with E-state index in [4.69, 9.17) is 9.84 Å². The molecule has 0 saturated heterocycles. The van der Waals surface area contributed by atoms with Gasteiger partial charge in [-0.25, -0.2) is 0 Å². The first-order valence-corrected chi connectivity index (χ1v) is 5.91. The van der Waals surface area contributed by atoms with Crippen LogP contribution in [0.1, 0.15) is 11.1 Å². The topological polar surface area (TPSA) is 70.6 Å². The molecule has 18 heavy (non-hydrogen) atoms. The van der Waals surface area contributed by atoms with Gasteiger partial charge in [-0.15, -0.1) is 0 Å². The maximum atomic E-state index is 11.5. The third-order valence-electron chi connectivity index (χ3n) is 2.43. The van der Waals surface area contributed by atoms with Gasteiger partial charge < -0.3 is 20.5 Å². The Balaban J connectivity index is 2.24. The molecular formula is C13H20N2O3. The van der Waals surface area contributed by atoms with Crippen LogP contribution in [-0.2, 0) is 22.7 Å². The molecule has 0 aromatic heterocycles. The van der Waals surface area contributed by atoms with Crippen molar-refractivity contribution in [1.29, 1.82) is 0 Å². The fourth-order valence-corrected chi connectivity index (χ4v) is 1.48. The largest absolute Gasteiger partial charge is 0.392 e. The first-order valence-electron chi connectivity index (χ1n) is 5.91. The van der Waals surface area contributed by atoms with Gasteiger partial charge in [0.25, 0.3) is 0 Å². The molecule has 0 fully saturated rings. The number of rotatable bonds is 8. The van der Waals surface area contributed by atoms with Gasteiger partial charge in [-0.05, 0) is 11.1 Å². The van der Waals surface area contributed by atoms with E-state index in [2.05, 4.69) is 10.6 Å². The molecule has 0 aliphatic carbocycles. The number of nitrogens with one attached hydrogen (secondary N) is 2. The van der Waals surface area contributed by atoms with Crippen molar-refractivity contribution in [2.45, 2.75) is 13.2 Å². The fourth-order valence-electron chi connectivity index (χ4n) is 1.48. The van der Waals surface area contributed by atoms with Crippen molar-refractivity contribution in [3.63, 3.8) is 0 Å². The second-order valence-corrected chi connectivity index (χ2v) is 3.92. The average molecular weight is 252 g/mol. The van der Waals surface area contributed by atoms with Crippen molar-refractivity contribution in [2.75, 3.05) is 26.8 Å². The van der Waals surface area contributed by atoms with Gasteiger partial charge in [-0.1, -0.05) is 24.3 Å². The highest BCUT2D eigenvalue weighted by Crippen LogP contribution is 2.04. The van der Waals surface area contributed by atoms with Crippen LogP contribution in [0.4, 0.5) is 0 Å². The van der Waals surface area contributed by atoms with E-state index in [-0.39, 0.29) is 19.1 Å². The van der Waals surface area contributed by atoms with Crippen LogP contribution in [-0.4, -0.2) is 37.8 Å². The quantitative estimate of drug-likeness (QED) is 0.571. The van der Waals surface area contributed by atoms with Crippen molar-refractivity contribution < 1.29 is 14.6 Å². The first-order chi connectivity index (χ1) is 8.76. The molecule has 0 unspecified atom stereocenters. The molecule has 1 rings (SSSR count). The number of aliphatic hydroxyl groups excluding tert-OH is 1. The standard InChI is InChI=1S/C13H20N2O3/c1-18-6-5-14-9-13(17)15-8-11-3-2-4-12(7-11)10-16/h2-4,7,14,16H,5-6,8-10H2,1H3,(H,15,17). The van der Waals surface area contributed by atoms with Crippen molar-refractivity contribution in [3.05, 3.63) is 35.4 Å². The number of aliphatic hydroxyl groups is 1. The molecule has 0 aliphatic rings. The molecule has 1 aromatic carbocycles. The van der Waals surface area contributed by atoms with E-state index >= 15 is 0 Å². The second kappa shape index (κ2) is 8.63. The number of hydrogen-bond donors (Lipinski definition) is 3. The van der Waals surface area contributed by atoms with Crippen molar-refractivity contribution in [1.82, 2.24) is 10.6 Å². The second-order valence-electron chi connectivity index (χ2n) is 3.92. The molecule has 0 saturated carbocycles. The lowest BCUT2D eigenvalue weighted by Gasteiger charge is -2.07. The zero-order valence-electron chi connectivity index (χ0n) is 10.6. The van der Waals surface area contributed by atoms with Gasteiger partial charge in [0.05, 0.1) is 19.8 Å². The van der Waals surface area contributed by atoms with E-state index < -0.39 is 0 Å². The van der Waals surface area contributed by atoms with Gasteiger partial charge in [-0.3, -0.25) is 4.79 Å². The third-order valence-corrected chi connectivity index (χ3v) is 2.43. The zero-order valence-corrected chi connectivity index (χ0v) is 10.6. The zero-order chi connectivity index (χ0) is 13.2. The van der Waals surface area contributed by atoms with Crippen LogP contribution in [0.5, 0.6) is 0 Å². The van der Waals surface area contributed by atoms with Crippen LogP contribution in [0.3, 0.4) is 0 Å². The molecule has 3 N–H and O–H groups in total. The summed E-state index contributed by atoms with van der Waals surface area (Å²) in [6.07, 6.45) is 0. The van der Waals surface area contributed by atoms with E-state index in [1.54, 1.807) is 7.11 Å². The summed E-state index contributed by atoms with van der Waals surface area (Å²) in [5, 5.41) is 14.8. The van der Waals surface area contributed by atoms with Crippen LogP contribution in [0.15, 0.2) is 24.3 Å².